The second-order valence-electron chi connectivity index (χ2n) is 2.81. The summed E-state index contributed by atoms with van der Waals surface area (Å²) in [7, 11) is 0. The molecular formula is C9H6F4O2. The highest BCUT2D eigenvalue weighted by atomic mass is 19.3. The van der Waals surface area contributed by atoms with Gasteiger partial charge >= 0.3 is 18.3 Å². The van der Waals surface area contributed by atoms with Gasteiger partial charge in [-0.2, -0.15) is 8.78 Å². The van der Waals surface area contributed by atoms with E-state index in [0.29, 0.717) is 6.07 Å². The van der Waals surface area contributed by atoms with E-state index in [-0.39, 0.29) is 0 Å². The quantitative estimate of drug-likeness (QED) is 0.798. The Balaban J connectivity index is 3.16. The molecule has 1 N–H and O–H groups in total. The van der Waals surface area contributed by atoms with E-state index >= 15 is 0 Å². The molecule has 0 heterocycles. The Kier molecular flexibility index (Phi) is 2.97. The number of rotatable bonds is 3. The number of carboxylic acid groups (broad SMARTS) is 1. The first-order valence-electron chi connectivity index (χ1n) is 3.85. The molecule has 1 aromatic carbocycles. The SMILES string of the molecule is O=C(O)c1cccc(C(F)(F)C(F)F)c1. The second kappa shape index (κ2) is 3.88. The monoisotopic (exact) mass is 222 g/mol. The molecule has 82 valence electrons. The number of hydrogen-bond donors (Lipinski definition) is 1. The maximum Gasteiger partial charge on any atom is 0.335 e. The van der Waals surface area contributed by atoms with Crippen molar-refractivity contribution in [3.8, 4) is 0 Å². The third kappa shape index (κ3) is 2.26. The lowest BCUT2D eigenvalue weighted by Gasteiger charge is -2.15. The molecule has 0 aliphatic rings. The van der Waals surface area contributed by atoms with Crippen LogP contribution in [0.4, 0.5) is 17.6 Å². The summed E-state index contributed by atoms with van der Waals surface area (Å²) in [5.74, 6) is -5.77. The van der Waals surface area contributed by atoms with Crippen LogP contribution in [0.2, 0.25) is 0 Å². The van der Waals surface area contributed by atoms with Crippen molar-refractivity contribution in [3.05, 3.63) is 35.4 Å². The average Bonchev–Trinajstić information content (AvgIpc) is 2.17. The van der Waals surface area contributed by atoms with E-state index in [4.69, 9.17) is 5.11 Å². The van der Waals surface area contributed by atoms with Crippen LogP contribution in [-0.4, -0.2) is 17.5 Å². The van der Waals surface area contributed by atoms with E-state index in [2.05, 4.69) is 0 Å². The summed E-state index contributed by atoms with van der Waals surface area (Å²) in [5, 5.41) is 8.48. The molecule has 1 rings (SSSR count). The van der Waals surface area contributed by atoms with Crippen LogP contribution in [0.1, 0.15) is 15.9 Å². The minimum absolute atomic E-state index is 0.451. The van der Waals surface area contributed by atoms with Crippen LogP contribution in [0.5, 0.6) is 0 Å². The maximum absolute atomic E-state index is 12.8. The molecule has 0 radical (unpaired) electrons. The van der Waals surface area contributed by atoms with Gasteiger partial charge in [0.15, 0.2) is 0 Å². The summed E-state index contributed by atoms with van der Waals surface area (Å²) in [6.45, 7) is 0. The smallest absolute Gasteiger partial charge is 0.335 e. The molecule has 0 aliphatic heterocycles. The van der Waals surface area contributed by atoms with Crippen molar-refractivity contribution in [1.82, 2.24) is 0 Å². The number of halogens is 4. The first-order valence-corrected chi connectivity index (χ1v) is 3.85. The second-order valence-corrected chi connectivity index (χ2v) is 2.81. The van der Waals surface area contributed by atoms with Gasteiger partial charge in [0.05, 0.1) is 5.56 Å². The highest BCUT2D eigenvalue weighted by Crippen LogP contribution is 2.34. The van der Waals surface area contributed by atoms with E-state index in [0.717, 1.165) is 18.2 Å². The van der Waals surface area contributed by atoms with E-state index in [9.17, 15) is 22.4 Å². The summed E-state index contributed by atoms with van der Waals surface area (Å²) in [4.78, 5) is 10.4. The summed E-state index contributed by atoms with van der Waals surface area (Å²) in [5.41, 5.74) is -1.45. The van der Waals surface area contributed by atoms with Crippen LogP contribution in [0.25, 0.3) is 0 Å². The van der Waals surface area contributed by atoms with Crippen molar-refractivity contribution in [3.63, 3.8) is 0 Å². The van der Waals surface area contributed by atoms with Gasteiger partial charge in [-0.1, -0.05) is 12.1 Å². The lowest BCUT2D eigenvalue weighted by atomic mass is 10.1. The lowest BCUT2D eigenvalue weighted by Crippen LogP contribution is -2.23. The highest BCUT2D eigenvalue weighted by Gasteiger charge is 2.42. The summed E-state index contributed by atoms with van der Waals surface area (Å²) in [6.07, 6.45) is -3.86. The van der Waals surface area contributed by atoms with Crippen LogP contribution in [0, 0.1) is 0 Å². The zero-order chi connectivity index (χ0) is 11.6. The Labute approximate surface area is 82.1 Å². The molecule has 0 fully saturated rings. The van der Waals surface area contributed by atoms with Crippen LogP contribution in [-0.2, 0) is 5.92 Å². The van der Waals surface area contributed by atoms with Crippen molar-refractivity contribution in [1.29, 1.82) is 0 Å². The number of aromatic carboxylic acids is 1. The molecule has 0 amide bonds. The molecule has 0 aliphatic carbocycles. The Hall–Kier alpha value is -1.59. The molecule has 0 saturated carbocycles. The fourth-order valence-corrected chi connectivity index (χ4v) is 0.986. The summed E-state index contributed by atoms with van der Waals surface area (Å²) >= 11 is 0. The zero-order valence-electron chi connectivity index (χ0n) is 7.25. The molecular weight excluding hydrogens is 216 g/mol. The molecule has 1 aromatic rings. The number of alkyl halides is 4. The number of carboxylic acids is 1. The average molecular weight is 222 g/mol. The highest BCUT2D eigenvalue weighted by molar-refractivity contribution is 5.87. The normalized spacial score (nSPS) is 11.8. The third-order valence-electron chi connectivity index (χ3n) is 1.77. The first kappa shape index (κ1) is 11.5. The number of benzene rings is 1. The molecule has 15 heavy (non-hydrogen) atoms. The minimum Gasteiger partial charge on any atom is -0.478 e. The van der Waals surface area contributed by atoms with E-state index < -0.39 is 29.4 Å². The standard InChI is InChI=1S/C9H6F4O2/c10-8(11)9(12,13)6-3-1-2-5(4-6)7(14)15/h1-4,8H,(H,14,15). The van der Waals surface area contributed by atoms with Crippen molar-refractivity contribution >= 4 is 5.97 Å². The van der Waals surface area contributed by atoms with E-state index in [1.54, 1.807) is 0 Å². The third-order valence-corrected chi connectivity index (χ3v) is 1.77. The fraction of sp³-hybridized carbons (Fsp3) is 0.222. The van der Waals surface area contributed by atoms with Crippen LogP contribution >= 0.6 is 0 Å². The first-order chi connectivity index (χ1) is 6.85. The lowest BCUT2D eigenvalue weighted by molar-refractivity contribution is -0.135. The van der Waals surface area contributed by atoms with Gasteiger partial charge in [0.25, 0.3) is 0 Å². The van der Waals surface area contributed by atoms with Gasteiger partial charge in [-0.15, -0.1) is 0 Å². The Morgan fingerprint density at radius 2 is 1.93 bits per heavy atom. The van der Waals surface area contributed by atoms with Gasteiger partial charge in [0.1, 0.15) is 0 Å². The van der Waals surface area contributed by atoms with Gasteiger partial charge in [-0.25, -0.2) is 13.6 Å². The number of hydrogen-bond acceptors (Lipinski definition) is 1. The van der Waals surface area contributed by atoms with Gasteiger partial charge in [-0.05, 0) is 12.1 Å². The van der Waals surface area contributed by atoms with Crippen molar-refractivity contribution in [2.24, 2.45) is 0 Å². The molecule has 0 saturated heterocycles. The van der Waals surface area contributed by atoms with E-state index in [1.807, 2.05) is 0 Å². The van der Waals surface area contributed by atoms with Crippen molar-refractivity contribution in [2.45, 2.75) is 12.3 Å². The number of carbonyl (C=O) groups is 1. The topological polar surface area (TPSA) is 37.3 Å². The van der Waals surface area contributed by atoms with Crippen LogP contribution in [0.15, 0.2) is 24.3 Å². The molecule has 0 spiro atoms. The van der Waals surface area contributed by atoms with Crippen LogP contribution < -0.4 is 0 Å². The minimum atomic E-state index is -4.33. The van der Waals surface area contributed by atoms with E-state index in [1.165, 1.54) is 0 Å². The largest absolute Gasteiger partial charge is 0.478 e. The molecule has 0 unspecified atom stereocenters. The molecule has 0 aromatic heterocycles. The Morgan fingerprint density at radius 1 is 1.33 bits per heavy atom. The maximum atomic E-state index is 12.8. The zero-order valence-corrected chi connectivity index (χ0v) is 7.25. The van der Waals surface area contributed by atoms with Crippen molar-refractivity contribution < 1.29 is 27.5 Å². The van der Waals surface area contributed by atoms with Crippen LogP contribution in [0.3, 0.4) is 0 Å². The summed E-state index contributed by atoms with van der Waals surface area (Å²) < 4.78 is 49.4. The molecule has 2 nitrogen and oxygen atoms in total. The predicted molar refractivity (Wildman–Crippen MR) is 43.3 cm³/mol. The van der Waals surface area contributed by atoms with Gasteiger partial charge in [-0.3, -0.25) is 0 Å². The van der Waals surface area contributed by atoms with Gasteiger partial charge < -0.3 is 5.11 Å². The Morgan fingerprint density at radius 3 is 2.40 bits per heavy atom. The molecule has 6 heteroatoms. The molecule has 0 atom stereocenters. The van der Waals surface area contributed by atoms with Crippen molar-refractivity contribution in [2.75, 3.05) is 0 Å². The predicted octanol–water partition coefficient (Wildman–Crippen LogP) is 2.74. The fourth-order valence-electron chi connectivity index (χ4n) is 0.986. The molecule has 0 bridgehead atoms. The van der Waals surface area contributed by atoms with Gasteiger partial charge in [0.2, 0.25) is 0 Å². The summed E-state index contributed by atoms with van der Waals surface area (Å²) in [6, 6.07) is 3.34. The van der Waals surface area contributed by atoms with Gasteiger partial charge in [0, 0.05) is 5.56 Å². The Bertz CT molecular complexity index is 376.